The Morgan fingerprint density at radius 1 is 0.871 bits per heavy atom. The zero-order chi connectivity index (χ0) is 21.5. The molecule has 0 bridgehead atoms. The third-order valence-corrected chi connectivity index (χ3v) is 5.65. The van der Waals surface area contributed by atoms with Gasteiger partial charge in [0.15, 0.2) is 0 Å². The first-order valence-corrected chi connectivity index (χ1v) is 10.7. The molecule has 2 heterocycles. The van der Waals surface area contributed by atoms with Gasteiger partial charge in [0.25, 0.3) is 0 Å². The third-order valence-electron chi connectivity index (χ3n) is 5.65. The Balaban J connectivity index is 1.39. The SMILES string of the molecule is O=C(O)c1cccnc1N1CCN(CCC=C(c2ccccc2)c2ccccc2)CC1. The highest BCUT2D eigenvalue weighted by Crippen LogP contribution is 2.24. The monoisotopic (exact) mass is 413 g/mol. The van der Waals surface area contributed by atoms with E-state index in [1.54, 1.807) is 18.3 Å². The van der Waals surface area contributed by atoms with Crippen molar-refractivity contribution in [1.82, 2.24) is 9.88 Å². The molecule has 1 fully saturated rings. The summed E-state index contributed by atoms with van der Waals surface area (Å²) >= 11 is 0. The molecule has 31 heavy (non-hydrogen) atoms. The second-order valence-electron chi connectivity index (χ2n) is 7.65. The van der Waals surface area contributed by atoms with Gasteiger partial charge in [-0.3, -0.25) is 4.90 Å². The number of hydrogen-bond donors (Lipinski definition) is 1. The van der Waals surface area contributed by atoms with E-state index in [0.29, 0.717) is 5.82 Å². The molecule has 0 amide bonds. The van der Waals surface area contributed by atoms with Gasteiger partial charge in [-0.1, -0.05) is 66.7 Å². The molecular formula is C26H27N3O2. The minimum absolute atomic E-state index is 0.272. The average Bonchev–Trinajstić information content (AvgIpc) is 2.83. The fourth-order valence-electron chi connectivity index (χ4n) is 4.03. The van der Waals surface area contributed by atoms with E-state index in [9.17, 15) is 9.90 Å². The van der Waals surface area contributed by atoms with Crippen molar-refractivity contribution in [2.45, 2.75) is 6.42 Å². The van der Waals surface area contributed by atoms with E-state index in [2.05, 4.69) is 69.4 Å². The summed E-state index contributed by atoms with van der Waals surface area (Å²) < 4.78 is 0. The maximum Gasteiger partial charge on any atom is 0.339 e. The van der Waals surface area contributed by atoms with Crippen LogP contribution in [0.3, 0.4) is 0 Å². The number of piperazine rings is 1. The summed E-state index contributed by atoms with van der Waals surface area (Å²) in [5.74, 6) is -0.352. The zero-order valence-corrected chi connectivity index (χ0v) is 17.5. The van der Waals surface area contributed by atoms with E-state index >= 15 is 0 Å². The molecule has 3 aromatic rings. The van der Waals surface area contributed by atoms with Crippen LogP contribution < -0.4 is 4.90 Å². The quantitative estimate of drug-likeness (QED) is 0.621. The summed E-state index contributed by atoms with van der Waals surface area (Å²) in [5, 5.41) is 9.42. The van der Waals surface area contributed by atoms with Crippen LogP contribution in [0.2, 0.25) is 0 Å². The molecule has 2 aromatic carbocycles. The van der Waals surface area contributed by atoms with Crippen LogP contribution in [0.4, 0.5) is 5.82 Å². The molecule has 0 aliphatic carbocycles. The van der Waals surface area contributed by atoms with Gasteiger partial charge in [0.05, 0.1) is 0 Å². The molecule has 0 saturated carbocycles. The highest BCUT2D eigenvalue weighted by molar-refractivity contribution is 5.93. The van der Waals surface area contributed by atoms with E-state index < -0.39 is 5.97 Å². The van der Waals surface area contributed by atoms with Gasteiger partial charge in [0.1, 0.15) is 11.4 Å². The fourth-order valence-corrected chi connectivity index (χ4v) is 4.03. The van der Waals surface area contributed by atoms with E-state index in [-0.39, 0.29) is 5.56 Å². The lowest BCUT2D eigenvalue weighted by atomic mass is 9.97. The van der Waals surface area contributed by atoms with Gasteiger partial charge < -0.3 is 10.0 Å². The van der Waals surface area contributed by atoms with Crippen molar-refractivity contribution in [2.75, 3.05) is 37.6 Å². The molecule has 1 aromatic heterocycles. The van der Waals surface area contributed by atoms with Crippen molar-refractivity contribution < 1.29 is 9.90 Å². The summed E-state index contributed by atoms with van der Waals surface area (Å²) in [5.41, 5.74) is 4.00. The number of pyridine rings is 1. The largest absolute Gasteiger partial charge is 0.478 e. The highest BCUT2D eigenvalue weighted by atomic mass is 16.4. The number of carboxylic acid groups (broad SMARTS) is 1. The van der Waals surface area contributed by atoms with Crippen LogP contribution in [0, 0.1) is 0 Å². The topological polar surface area (TPSA) is 56.7 Å². The molecular weight excluding hydrogens is 386 g/mol. The van der Waals surface area contributed by atoms with E-state index in [1.807, 2.05) is 12.1 Å². The van der Waals surface area contributed by atoms with Gasteiger partial charge in [-0.05, 0) is 35.3 Å². The number of aromatic nitrogens is 1. The van der Waals surface area contributed by atoms with Crippen LogP contribution >= 0.6 is 0 Å². The number of anilines is 1. The first-order valence-electron chi connectivity index (χ1n) is 10.7. The minimum Gasteiger partial charge on any atom is -0.478 e. The molecule has 0 atom stereocenters. The Labute approximate surface area is 183 Å². The van der Waals surface area contributed by atoms with Crippen LogP contribution in [0.5, 0.6) is 0 Å². The molecule has 0 unspecified atom stereocenters. The Morgan fingerprint density at radius 3 is 2.06 bits per heavy atom. The van der Waals surface area contributed by atoms with Crippen molar-refractivity contribution in [3.8, 4) is 0 Å². The number of hydrogen-bond acceptors (Lipinski definition) is 4. The van der Waals surface area contributed by atoms with E-state index in [4.69, 9.17) is 0 Å². The van der Waals surface area contributed by atoms with Gasteiger partial charge in [0.2, 0.25) is 0 Å². The van der Waals surface area contributed by atoms with Crippen molar-refractivity contribution in [1.29, 1.82) is 0 Å². The van der Waals surface area contributed by atoms with Crippen molar-refractivity contribution in [3.63, 3.8) is 0 Å². The summed E-state index contributed by atoms with van der Waals surface area (Å²) in [7, 11) is 0. The normalized spacial score (nSPS) is 14.3. The predicted molar refractivity (Wildman–Crippen MR) is 124 cm³/mol. The van der Waals surface area contributed by atoms with Crippen LogP contribution in [0.25, 0.3) is 5.57 Å². The van der Waals surface area contributed by atoms with Gasteiger partial charge >= 0.3 is 5.97 Å². The van der Waals surface area contributed by atoms with Crippen LogP contribution in [0.15, 0.2) is 85.1 Å². The summed E-state index contributed by atoms with van der Waals surface area (Å²) in [6, 6.07) is 24.3. The average molecular weight is 414 g/mol. The number of carboxylic acids is 1. The molecule has 5 nitrogen and oxygen atoms in total. The molecule has 1 aliphatic rings. The Morgan fingerprint density at radius 2 is 1.48 bits per heavy atom. The second-order valence-corrected chi connectivity index (χ2v) is 7.65. The molecule has 1 aliphatic heterocycles. The van der Waals surface area contributed by atoms with E-state index in [1.165, 1.54) is 16.7 Å². The van der Waals surface area contributed by atoms with Gasteiger partial charge in [-0.25, -0.2) is 9.78 Å². The Hall–Kier alpha value is -3.44. The zero-order valence-electron chi connectivity index (χ0n) is 17.5. The maximum atomic E-state index is 11.5. The van der Waals surface area contributed by atoms with E-state index in [0.717, 1.165) is 39.1 Å². The molecule has 5 heteroatoms. The van der Waals surface area contributed by atoms with Crippen LogP contribution in [-0.2, 0) is 0 Å². The maximum absolute atomic E-state index is 11.5. The predicted octanol–water partition coefficient (Wildman–Crippen LogP) is 4.42. The van der Waals surface area contributed by atoms with Crippen LogP contribution in [0.1, 0.15) is 27.9 Å². The number of nitrogens with zero attached hydrogens (tertiary/aromatic N) is 3. The van der Waals surface area contributed by atoms with Gasteiger partial charge in [0, 0.05) is 38.9 Å². The first kappa shape index (κ1) is 20.8. The Kier molecular flexibility index (Phi) is 6.75. The minimum atomic E-state index is -0.926. The lowest BCUT2D eigenvalue weighted by Crippen LogP contribution is -2.47. The fraction of sp³-hybridized carbons (Fsp3) is 0.231. The highest BCUT2D eigenvalue weighted by Gasteiger charge is 2.22. The standard InChI is InChI=1S/C26H27N3O2/c30-26(31)24-13-7-15-27-25(24)29-19-17-28(18-20-29)16-8-14-23(21-9-3-1-4-10-21)22-11-5-2-6-12-22/h1-7,9-15H,8,16-20H2,(H,30,31). The Bertz CT molecular complexity index is 985. The summed E-state index contributed by atoms with van der Waals surface area (Å²) in [6.07, 6.45) is 4.95. The van der Waals surface area contributed by atoms with Crippen molar-refractivity contribution >= 4 is 17.4 Å². The summed E-state index contributed by atoms with van der Waals surface area (Å²) in [4.78, 5) is 20.3. The van der Waals surface area contributed by atoms with Crippen molar-refractivity contribution in [2.24, 2.45) is 0 Å². The smallest absolute Gasteiger partial charge is 0.339 e. The van der Waals surface area contributed by atoms with Crippen molar-refractivity contribution in [3.05, 3.63) is 102 Å². The van der Waals surface area contributed by atoms with Gasteiger partial charge in [-0.2, -0.15) is 0 Å². The molecule has 0 radical (unpaired) electrons. The third kappa shape index (κ3) is 5.19. The molecule has 158 valence electrons. The molecule has 1 saturated heterocycles. The lowest BCUT2D eigenvalue weighted by Gasteiger charge is -2.35. The number of aromatic carboxylic acids is 1. The second kappa shape index (κ2) is 10.0. The molecule has 4 rings (SSSR count). The van der Waals surface area contributed by atoms with Gasteiger partial charge in [-0.15, -0.1) is 0 Å². The molecule has 1 N–H and O–H groups in total. The lowest BCUT2D eigenvalue weighted by molar-refractivity contribution is 0.0697. The molecule has 0 spiro atoms. The number of benzene rings is 2. The number of rotatable bonds is 7. The summed E-state index contributed by atoms with van der Waals surface area (Å²) in [6.45, 7) is 4.34. The number of carbonyl (C=O) groups is 1. The first-order chi connectivity index (χ1) is 15.2. The van der Waals surface area contributed by atoms with Crippen LogP contribution in [-0.4, -0.2) is 53.7 Å².